The molecular formula is C14H15F6N3O2. The zero-order valence-electron chi connectivity index (χ0n) is 13.1. The molecule has 0 unspecified atom stereocenters. The van der Waals surface area contributed by atoms with E-state index >= 15 is 0 Å². The van der Waals surface area contributed by atoms with E-state index in [0.717, 1.165) is 11.1 Å². The molecule has 0 aliphatic carbocycles. The largest absolute Gasteiger partial charge is 0.465 e. The normalized spacial score (nSPS) is 22.4. The molecular weight excluding hydrogens is 356 g/mol. The molecule has 0 amide bonds. The van der Waals surface area contributed by atoms with E-state index in [-0.39, 0.29) is 6.61 Å². The third-order valence-electron chi connectivity index (χ3n) is 3.85. The average molecular weight is 371 g/mol. The van der Waals surface area contributed by atoms with Crippen LogP contribution in [-0.2, 0) is 9.53 Å². The standard InChI is InChI=1S/C14H15F6N3O2/c1-2-3-7-25-10(24)9-8-23-6-4-5-21-11(23)22-12(9,13(15,16)17)14(18,19)20/h4-6,9H,2-3,7-8H2,1H3/t9-/m0/s1. The zero-order chi connectivity index (χ0) is 18.9. The number of carbonyl (C=O) groups is 1. The highest BCUT2D eigenvalue weighted by atomic mass is 19.4. The topological polar surface area (TPSA) is 54.3 Å². The van der Waals surface area contributed by atoms with Crippen LogP contribution in [0.1, 0.15) is 19.8 Å². The number of hydrogen-bond donors (Lipinski definition) is 0. The van der Waals surface area contributed by atoms with Crippen molar-refractivity contribution in [2.24, 2.45) is 15.9 Å². The van der Waals surface area contributed by atoms with Crippen LogP contribution >= 0.6 is 0 Å². The maximum Gasteiger partial charge on any atom is 0.423 e. The number of allylic oxidation sites excluding steroid dienone is 1. The Hall–Kier alpha value is -2.07. The van der Waals surface area contributed by atoms with Gasteiger partial charge < -0.3 is 9.64 Å². The third kappa shape index (κ3) is 3.36. The molecule has 0 aromatic carbocycles. The molecule has 0 aromatic heterocycles. The maximum absolute atomic E-state index is 13.5. The summed E-state index contributed by atoms with van der Waals surface area (Å²) in [5.41, 5.74) is -4.60. The van der Waals surface area contributed by atoms with Crippen molar-refractivity contribution in [2.45, 2.75) is 37.7 Å². The molecule has 2 aliphatic heterocycles. The second-order valence-electron chi connectivity index (χ2n) is 5.52. The van der Waals surface area contributed by atoms with Gasteiger partial charge in [-0.05, 0) is 12.5 Å². The minimum absolute atomic E-state index is 0.262. The van der Waals surface area contributed by atoms with Crippen LogP contribution in [0.2, 0.25) is 0 Å². The summed E-state index contributed by atoms with van der Waals surface area (Å²) >= 11 is 0. The van der Waals surface area contributed by atoms with E-state index in [1.165, 1.54) is 12.3 Å². The summed E-state index contributed by atoms with van der Waals surface area (Å²) in [5, 5.41) is 0. The van der Waals surface area contributed by atoms with Crippen LogP contribution < -0.4 is 0 Å². The number of guanidine groups is 1. The quantitative estimate of drug-likeness (QED) is 0.434. The molecule has 1 atom stereocenters. The Morgan fingerprint density at radius 3 is 2.52 bits per heavy atom. The van der Waals surface area contributed by atoms with Crippen molar-refractivity contribution in [3.63, 3.8) is 0 Å². The monoisotopic (exact) mass is 371 g/mol. The van der Waals surface area contributed by atoms with Crippen molar-refractivity contribution in [3.05, 3.63) is 12.3 Å². The van der Waals surface area contributed by atoms with Gasteiger partial charge in [-0.3, -0.25) is 4.79 Å². The van der Waals surface area contributed by atoms with Crippen molar-refractivity contribution in [2.75, 3.05) is 13.2 Å². The number of aliphatic imine (C=N–C) groups is 2. The molecule has 2 rings (SSSR count). The molecule has 0 saturated heterocycles. The fourth-order valence-corrected chi connectivity index (χ4v) is 2.54. The van der Waals surface area contributed by atoms with Crippen LogP contribution in [-0.4, -0.2) is 54.1 Å². The van der Waals surface area contributed by atoms with Crippen LogP contribution in [0.3, 0.4) is 0 Å². The highest BCUT2D eigenvalue weighted by Gasteiger charge is 2.78. The molecule has 140 valence electrons. The van der Waals surface area contributed by atoms with Gasteiger partial charge in [0.25, 0.3) is 5.54 Å². The van der Waals surface area contributed by atoms with Crippen molar-refractivity contribution >= 4 is 18.1 Å². The molecule has 0 N–H and O–H groups in total. The lowest BCUT2D eigenvalue weighted by Gasteiger charge is -2.44. The number of esters is 1. The molecule has 0 saturated carbocycles. The lowest BCUT2D eigenvalue weighted by atomic mass is 9.81. The van der Waals surface area contributed by atoms with Crippen LogP contribution in [0.15, 0.2) is 22.3 Å². The lowest BCUT2D eigenvalue weighted by Crippen LogP contribution is -2.67. The highest BCUT2D eigenvalue weighted by Crippen LogP contribution is 2.53. The van der Waals surface area contributed by atoms with Crippen LogP contribution in [0.4, 0.5) is 26.3 Å². The van der Waals surface area contributed by atoms with Gasteiger partial charge in [0, 0.05) is 19.0 Å². The Balaban J connectivity index is 2.53. The number of nitrogens with zero attached hydrogens (tertiary/aromatic N) is 3. The fourth-order valence-electron chi connectivity index (χ4n) is 2.54. The first-order chi connectivity index (χ1) is 11.5. The van der Waals surface area contributed by atoms with E-state index in [1.54, 1.807) is 6.92 Å². The Morgan fingerprint density at radius 2 is 1.96 bits per heavy atom. The minimum atomic E-state index is -5.85. The molecule has 0 fully saturated rings. The zero-order valence-corrected chi connectivity index (χ0v) is 13.1. The van der Waals surface area contributed by atoms with Crippen LogP contribution in [0.25, 0.3) is 0 Å². The van der Waals surface area contributed by atoms with E-state index in [2.05, 4.69) is 14.7 Å². The summed E-state index contributed by atoms with van der Waals surface area (Å²) in [6, 6.07) is 0. The van der Waals surface area contributed by atoms with Crippen LogP contribution in [0.5, 0.6) is 0 Å². The van der Waals surface area contributed by atoms with E-state index < -0.39 is 42.3 Å². The molecule has 0 bridgehead atoms. The second-order valence-corrected chi connectivity index (χ2v) is 5.52. The van der Waals surface area contributed by atoms with E-state index in [1.807, 2.05) is 0 Å². The fraction of sp³-hybridized carbons (Fsp3) is 0.643. The molecule has 5 nitrogen and oxygen atoms in total. The lowest BCUT2D eigenvalue weighted by molar-refractivity contribution is -0.311. The van der Waals surface area contributed by atoms with Crippen molar-refractivity contribution in [1.29, 1.82) is 0 Å². The number of unbranched alkanes of at least 4 members (excludes halogenated alkanes) is 1. The van der Waals surface area contributed by atoms with E-state index in [0.29, 0.717) is 12.8 Å². The van der Waals surface area contributed by atoms with Gasteiger partial charge in [0.1, 0.15) is 5.92 Å². The predicted molar refractivity (Wildman–Crippen MR) is 76.0 cm³/mol. The summed E-state index contributed by atoms with van der Waals surface area (Å²) < 4.78 is 85.8. The SMILES string of the molecule is CCCCOC(=O)[C@@H]1CN2C=CC=NC2=NC1(C(F)(F)F)C(F)(F)F. The first kappa shape index (κ1) is 19.3. The molecule has 0 aromatic rings. The average Bonchev–Trinajstić information content (AvgIpc) is 2.51. The third-order valence-corrected chi connectivity index (χ3v) is 3.85. The number of carbonyl (C=O) groups excluding carboxylic acids is 1. The van der Waals surface area contributed by atoms with Gasteiger partial charge in [0.05, 0.1) is 6.61 Å². The first-order valence-corrected chi connectivity index (χ1v) is 7.42. The highest BCUT2D eigenvalue weighted by molar-refractivity contribution is 5.96. The van der Waals surface area contributed by atoms with Gasteiger partial charge in [0.15, 0.2) is 0 Å². The predicted octanol–water partition coefficient (Wildman–Crippen LogP) is 3.08. The number of hydrogen-bond acceptors (Lipinski definition) is 5. The Morgan fingerprint density at radius 1 is 1.32 bits per heavy atom. The molecule has 25 heavy (non-hydrogen) atoms. The van der Waals surface area contributed by atoms with Crippen LogP contribution in [0, 0.1) is 5.92 Å². The summed E-state index contributed by atoms with van der Waals surface area (Å²) in [6.07, 6.45) is -7.28. The van der Waals surface area contributed by atoms with Crippen molar-refractivity contribution < 1.29 is 35.9 Å². The number of alkyl halides is 6. The minimum Gasteiger partial charge on any atom is -0.465 e. The smallest absolute Gasteiger partial charge is 0.423 e. The van der Waals surface area contributed by atoms with Gasteiger partial charge in [0.2, 0.25) is 5.96 Å². The molecule has 11 heteroatoms. The van der Waals surface area contributed by atoms with Crippen molar-refractivity contribution in [1.82, 2.24) is 4.90 Å². The van der Waals surface area contributed by atoms with Crippen molar-refractivity contribution in [3.8, 4) is 0 Å². The number of fused-ring (bicyclic) bond motifs is 1. The van der Waals surface area contributed by atoms with Gasteiger partial charge >= 0.3 is 18.3 Å². The Labute approximate surface area is 139 Å². The molecule has 0 spiro atoms. The van der Waals surface area contributed by atoms with Gasteiger partial charge in [-0.1, -0.05) is 13.3 Å². The Kier molecular flexibility index (Phi) is 5.14. The summed E-state index contributed by atoms with van der Waals surface area (Å²) in [6.45, 7) is 0.579. The molecule has 2 heterocycles. The summed E-state index contributed by atoms with van der Waals surface area (Å²) in [7, 11) is 0. The van der Waals surface area contributed by atoms with Gasteiger partial charge in [-0.15, -0.1) is 0 Å². The molecule has 2 aliphatic rings. The number of rotatable bonds is 4. The first-order valence-electron chi connectivity index (χ1n) is 7.42. The summed E-state index contributed by atoms with van der Waals surface area (Å²) in [5.74, 6) is -4.94. The van der Waals surface area contributed by atoms with Gasteiger partial charge in [-0.2, -0.15) is 26.3 Å². The number of ether oxygens (including phenoxy) is 1. The summed E-state index contributed by atoms with van der Waals surface area (Å²) in [4.78, 5) is 19.3. The van der Waals surface area contributed by atoms with E-state index in [4.69, 9.17) is 0 Å². The van der Waals surface area contributed by atoms with Gasteiger partial charge in [-0.25, -0.2) is 9.98 Å². The van der Waals surface area contributed by atoms with E-state index in [9.17, 15) is 31.1 Å². The Bertz CT molecular complexity index is 595. The molecule has 0 radical (unpaired) electrons. The second kappa shape index (κ2) is 6.68. The number of halogens is 6. The maximum atomic E-state index is 13.5.